The Morgan fingerprint density at radius 3 is 2.43 bits per heavy atom. The smallest absolute Gasteiger partial charge is 0.322 e. The highest BCUT2D eigenvalue weighted by Crippen LogP contribution is 2.27. The van der Waals surface area contributed by atoms with Crippen LogP contribution < -0.4 is 0 Å². The van der Waals surface area contributed by atoms with Crippen LogP contribution in [-0.2, 0) is 0 Å². The lowest BCUT2D eigenvalue weighted by atomic mass is 10.2. The molecule has 0 aliphatic heterocycles. The van der Waals surface area contributed by atoms with Crippen LogP contribution in [0.25, 0.3) is 0 Å². The van der Waals surface area contributed by atoms with Gasteiger partial charge in [-0.3, -0.25) is 0 Å². The lowest BCUT2D eigenvalue weighted by Gasteiger charge is -1.97. The summed E-state index contributed by atoms with van der Waals surface area (Å²) in [5, 5.41) is 8.13. The van der Waals surface area contributed by atoms with E-state index in [0.29, 0.717) is 0 Å². The molecule has 38 valence electrons. The third kappa shape index (κ3) is 2.64. The van der Waals surface area contributed by atoms with Gasteiger partial charge in [0.2, 0.25) is 0 Å². The van der Waals surface area contributed by atoms with Gasteiger partial charge in [0.15, 0.2) is 0 Å². The van der Waals surface area contributed by atoms with Gasteiger partial charge in [-0.1, -0.05) is 6.06 Å². The van der Waals surface area contributed by atoms with Crippen molar-refractivity contribution in [2.75, 3.05) is 12.7 Å². The number of rotatable bonds is 2. The second-order valence-corrected chi connectivity index (χ2v) is 3.31. The van der Waals surface area contributed by atoms with Crippen molar-refractivity contribution in [1.82, 2.24) is 0 Å². The second-order valence-electron chi connectivity index (χ2n) is 1.16. The molecule has 1 N–H and O–H groups in total. The Morgan fingerprint density at radius 2 is 2.43 bits per heavy atom. The molecule has 0 rings (SSSR count). The quantitative estimate of drug-likeness (QED) is 0.429. The van der Waals surface area contributed by atoms with Crippen molar-refractivity contribution in [3.05, 3.63) is 0 Å². The molecule has 0 aromatic rings. The topological polar surface area (TPSA) is 37.3 Å². The molecule has 0 aromatic carbocycles. The molecule has 1 atom stereocenters. The zero-order chi connectivity index (χ0) is 5.86. The predicted molar refractivity (Wildman–Crippen MR) is 31.5 cm³/mol. The standard InChI is InChI=1S/C3H6BO2P/c1-7(2-4)3(5)6/h2H2,1H3,(H,5,6). The minimum atomic E-state index is -0.943. The van der Waals surface area contributed by atoms with Crippen LogP contribution in [0.15, 0.2) is 0 Å². The molecule has 0 spiro atoms. The van der Waals surface area contributed by atoms with Crippen LogP contribution in [0, 0.1) is 0 Å². The molecule has 0 saturated carbocycles. The molecular formula is C3H6BO2P. The maximum Gasteiger partial charge on any atom is 0.322 e. The van der Waals surface area contributed by atoms with Gasteiger partial charge >= 0.3 is 5.71 Å². The molecule has 2 nitrogen and oxygen atoms in total. The zero-order valence-electron chi connectivity index (χ0n) is 4.09. The van der Waals surface area contributed by atoms with Gasteiger partial charge < -0.3 is 5.11 Å². The van der Waals surface area contributed by atoms with Crippen molar-refractivity contribution < 1.29 is 9.90 Å². The summed E-state index contributed by atoms with van der Waals surface area (Å²) in [6, 6.07) is 0.282. The van der Waals surface area contributed by atoms with Crippen molar-refractivity contribution >= 4 is 21.5 Å². The highest BCUT2D eigenvalue weighted by Gasteiger charge is 2.03. The molecule has 4 heteroatoms. The van der Waals surface area contributed by atoms with Crippen LogP contribution in [-0.4, -0.2) is 31.4 Å². The Labute approximate surface area is 45.1 Å². The maximum atomic E-state index is 9.88. The lowest BCUT2D eigenvalue weighted by Crippen LogP contribution is -1.91. The van der Waals surface area contributed by atoms with Gasteiger partial charge in [-0.25, -0.2) is 4.79 Å². The van der Waals surface area contributed by atoms with E-state index in [1.54, 1.807) is 6.66 Å². The highest BCUT2D eigenvalue weighted by atomic mass is 31.1. The summed E-state index contributed by atoms with van der Waals surface area (Å²) in [6.45, 7) is 1.64. The summed E-state index contributed by atoms with van der Waals surface area (Å²) >= 11 is 0. The van der Waals surface area contributed by atoms with Gasteiger partial charge in [0.05, 0.1) is 7.85 Å². The Bertz CT molecular complexity index is 75.3. The fourth-order valence-corrected chi connectivity index (χ4v) is 0.234. The Kier molecular flexibility index (Phi) is 3.02. The van der Waals surface area contributed by atoms with Crippen molar-refractivity contribution in [3.8, 4) is 0 Å². The molecule has 7 heavy (non-hydrogen) atoms. The summed E-state index contributed by atoms with van der Waals surface area (Å²) in [5.41, 5.74) is -0.766. The van der Waals surface area contributed by atoms with Crippen LogP contribution in [0.5, 0.6) is 0 Å². The van der Waals surface area contributed by atoms with E-state index in [-0.39, 0.29) is 6.06 Å². The number of carbonyl (C=O) groups is 1. The fraction of sp³-hybridized carbons (Fsp3) is 0.667. The van der Waals surface area contributed by atoms with Gasteiger partial charge in [0, 0.05) is 0 Å². The van der Waals surface area contributed by atoms with E-state index >= 15 is 0 Å². The van der Waals surface area contributed by atoms with Crippen molar-refractivity contribution in [3.63, 3.8) is 0 Å². The first-order valence-corrected chi connectivity index (χ1v) is 3.80. The van der Waals surface area contributed by atoms with Gasteiger partial charge in [0.25, 0.3) is 0 Å². The van der Waals surface area contributed by atoms with Gasteiger partial charge in [-0.2, -0.15) is 0 Å². The molecule has 0 fully saturated rings. The minimum Gasteiger partial charge on any atom is -0.478 e. The van der Waals surface area contributed by atoms with E-state index in [4.69, 9.17) is 13.0 Å². The molecule has 0 aliphatic carbocycles. The summed E-state index contributed by atoms with van der Waals surface area (Å²) < 4.78 is 0. The number of hydrogen-bond donors (Lipinski definition) is 1. The molecule has 0 bridgehead atoms. The molecule has 0 heterocycles. The predicted octanol–water partition coefficient (Wildman–Crippen LogP) is 0.902. The monoisotopic (exact) mass is 116 g/mol. The van der Waals surface area contributed by atoms with Crippen LogP contribution in [0.2, 0.25) is 0 Å². The molecule has 2 radical (unpaired) electrons. The minimum absolute atomic E-state index is 0.282. The second kappa shape index (κ2) is 3.03. The lowest BCUT2D eigenvalue weighted by molar-refractivity contribution is 0.221. The molecular weight excluding hydrogens is 110 g/mol. The third-order valence-electron chi connectivity index (χ3n) is 0.600. The Balaban J connectivity index is 3.34. The molecule has 1 unspecified atom stereocenters. The van der Waals surface area contributed by atoms with Gasteiger partial charge in [-0.05, 0) is 14.6 Å². The van der Waals surface area contributed by atoms with E-state index in [0.717, 1.165) is 0 Å². The average molecular weight is 116 g/mol. The molecule has 0 aliphatic rings. The highest BCUT2D eigenvalue weighted by molar-refractivity contribution is 7.74. The Hall–Kier alpha value is -0.0351. The normalized spacial score (nSPS) is 13.3. The summed E-state index contributed by atoms with van der Waals surface area (Å²) in [7, 11) is 4.08. The van der Waals surface area contributed by atoms with E-state index < -0.39 is 13.6 Å². The first-order valence-electron chi connectivity index (χ1n) is 1.82. The molecule has 0 aromatic heterocycles. The first kappa shape index (κ1) is 6.96. The number of hydrogen-bond acceptors (Lipinski definition) is 1. The van der Waals surface area contributed by atoms with Crippen LogP contribution >= 0.6 is 7.92 Å². The van der Waals surface area contributed by atoms with Crippen molar-refractivity contribution in [1.29, 1.82) is 0 Å². The van der Waals surface area contributed by atoms with Gasteiger partial charge in [0.1, 0.15) is 0 Å². The van der Waals surface area contributed by atoms with E-state index in [1.807, 2.05) is 0 Å². The van der Waals surface area contributed by atoms with Crippen molar-refractivity contribution in [2.45, 2.75) is 0 Å². The van der Waals surface area contributed by atoms with Crippen molar-refractivity contribution in [2.24, 2.45) is 0 Å². The van der Waals surface area contributed by atoms with Gasteiger partial charge in [-0.15, -0.1) is 0 Å². The Morgan fingerprint density at radius 1 is 2.00 bits per heavy atom. The average Bonchev–Trinajstić information content (AvgIpc) is 1.65. The van der Waals surface area contributed by atoms with Crippen LogP contribution in [0.3, 0.4) is 0 Å². The third-order valence-corrected chi connectivity index (χ3v) is 1.80. The first-order chi connectivity index (χ1) is 3.18. The van der Waals surface area contributed by atoms with Crippen LogP contribution in [0.4, 0.5) is 4.79 Å². The molecule has 0 saturated heterocycles. The van der Waals surface area contributed by atoms with Crippen LogP contribution in [0.1, 0.15) is 0 Å². The summed E-state index contributed by atoms with van der Waals surface area (Å²) in [6.07, 6.45) is 0. The van der Waals surface area contributed by atoms with E-state index in [1.165, 1.54) is 0 Å². The fourth-order valence-electron chi connectivity index (χ4n) is 0.0781. The van der Waals surface area contributed by atoms with E-state index in [2.05, 4.69) is 0 Å². The summed E-state index contributed by atoms with van der Waals surface area (Å²) in [5.74, 6) is 0. The number of carboxylic acid groups (broad SMARTS) is 1. The largest absolute Gasteiger partial charge is 0.478 e. The zero-order valence-corrected chi connectivity index (χ0v) is 4.98. The SMILES string of the molecule is [B]CP(C)C(=O)O. The maximum absolute atomic E-state index is 9.88. The molecule has 0 amide bonds. The van der Waals surface area contributed by atoms with E-state index in [9.17, 15) is 4.79 Å². The summed E-state index contributed by atoms with van der Waals surface area (Å²) in [4.78, 5) is 9.88.